The van der Waals surface area contributed by atoms with Crippen molar-refractivity contribution in [3.63, 3.8) is 0 Å². The summed E-state index contributed by atoms with van der Waals surface area (Å²) in [5.41, 5.74) is 1.54. The predicted octanol–water partition coefficient (Wildman–Crippen LogP) is 2.34. The maximum Gasteiger partial charge on any atom is 0.331 e. The van der Waals surface area contributed by atoms with E-state index in [1.807, 2.05) is 12.1 Å². The zero-order valence-corrected chi connectivity index (χ0v) is 12.5. The van der Waals surface area contributed by atoms with Crippen LogP contribution in [0.5, 0.6) is 0 Å². The van der Waals surface area contributed by atoms with E-state index in [0.717, 1.165) is 31.6 Å². The molecule has 0 aromatic heterocycles. The van der Waals surface area contributed by atoms with Crippen molar-refractivity contribution in [1.29, 1.82) is 0 Å². The Morgan fingerprint density at radius 3 is 3.00 bits per heavy atom. The van der Waals surface area contributed by atoms with E-state index in [1.165, 1.54) is 12.7 Å². The number of hydrogen-bond donors (Lipinski definition) is 2. The number of esters is 1. The minimum Gasteiger partial charge on any atom is -0.467 e. The molecule has 1 heterocycles. The number of ether oxygens (including phenoxy) is 1. The van der Waals surface area contributed by atoms with Gasteiger partial charge in [0.15, 0.2) is 0 Å². The Kier molecular flexibility index (Phi) is 4.65. The predicted molar refractivity (Wildman–Crippen MR) is 80.8 cm³/mol. The molecule has 0 radical (unpaired) electrons. The van der Waals surface area contributed by atoms with Crippen molar-refractivity contribution in [2.45, 2.75) is 32.2 Å². The average Bonchev–Trinajstić information content (AvgIpc) is 2.46. The van der Waals surface area contributed by atoms with Gasteiger partial charge >= 0.3 is 5.97 Å². The van der Waals surface area contributed by atoms with Crippen molar-refractivity contribution in [2.75, 3.05) is 25.5 Å². The second kappa shape index (κ2) is 6.27. The molecule has 1 aliphatic heterocycles. The van der Waals surface area contributed by atoms with Gasteiger partial charge in [0, 0.05) is 18.2 Å². The first-order chi connectivity index (χ1) is 9.62. The molecule has 2 atom stereocenters. The summed E-state index contributed by atoms with van der Waals surface area (Å²) in [6, 6.07) is 8.13. The number of benzene rings is 1. The van der Waals surface area contributed by atoms with E-state index < -0.39 is 5.54 Å². The van der Waals surface area contributed by atoms with Crippen molar-refractivity contribution >= 4 is 11.7 Å². The molecule has 0 amide bonds. The molecule has 1 aliphatic rings. The summed E-state index contributed by atoms with van der Waals surface area (Å²) in [6.07, 6.45) is 1.67. The molecule has 4 nitrogen and oxygen atoms in total. The zero-order chi connectivity index (χ0) is 14.6. The van der Waals surface area contributed by atoms with Gasteiger partial charge in [-0.25, -0.2) is 4.79 Å². The van der Waals surface area contributed by atoms with Crippen LogP contribution in [0.3, 0.4) is 0 Å². The number of hydrogen-bond acceptors (Lipinski definition) is 4. The molecule has 0 spiro atoms. The molecule has 4 heteroatoms. The molecule has 1 fully saturated rings. The van der Waals surface area contributed by atoms with E-state index in [2.05, 4.69) is 36.6 Å². The molecule has 1 saturated heterocycles. The number of carbonyl (C=O) groups excluding carboxylic acids is 1. The number of anilines is 1. The van der Waals surface area contributed by atoms with Crippen LogP contribution in [0.4, 0.5) is 5.69 Å². The van der Waals surface area contributed by atoms with Crippen LogP contribution in [0.1, 0.15) is 25.3 Å². The van der Waals surface area contributed by atoms with Gasteiger partial charge in [0.2, 0.25) is 0 Å². The quantitative estimate of drug-likeness (QED) is 0.829. The van der Waals surface area contributed by atoms with Crippen LogP contribution in [0.2, 0.25) is 0 Å². The molecule has 0 saturated carbocycles. The number of nitrogens with one attached hydrogen (secondary N) is 2. The van der Waals surface area contributed by atoms with Gasteiger partial charge in [0.1, 0.15) is 5.54 Å². The number of piperidine rings is 1. The Labute approximate surface area is 120 Å². The fourth-order valence-corrected chi connectivity index (χ4v) is 3.08. The lowest BCUT2D eigenvalue weighted by atomic mass is 9.76. The third-order valence-corrected chi connectivity index (χ3v) is 4.21. The van der Waals surface area contributed by atoms with E-state index >= 15 is 0 Å². The molecule has 2 rings (SSSR count). The van der Waals surface area contributed by atoms with Crippen LogP contribution in [0.15, 0.2) is 24.3 Å². The molecule has 2 unspecified atom stereocenters. The van der Waals surface area contributed by atoms with Crippen molar-refractivity contribution in [2.24, 2.45) is 5.92 Å². The first kappa shape index (κ1) is 14.9. The monoisotopic (exact) mass is 276 g/mol. The molecule has 0 bridgehead atoms. The Bertz CT molecular complexity index is 475. The van der Waals surface area contributed by atoms with Crippen molar-refractivity contribution < 1.29 is 9.53 Å². The summed E-state index contributed by atoms with van der Waals surface area (Å²) in [4.78, 5) is 12.4. The van der Waals surface area contributed by atoms with Crippen LogP contribution in [-0.4, -0.2) is 31.7 Å². The highest BCUT2D eigenvalue weighted by Crippen LogP contribution is 2.32. The van der Waals surface area contributed by atoms with Gasteiger partial charge < -0.3 is 15.4 Å². The fraction of sp³-hybridized carbons (Fsp3) is 0.562. The Hall–Kier alpha value is -1.55. The molecule has 1 aromatic rings. The number of methoxy groups -OCH3 is 1. The normalized spacial score (nSPS) is 26.1. The molecule has 0 aliphatic carbocycles. The number of rotatable bonds is 4. The van der Waals surface area contributed by atoms with E-state index in [-0.39, 0.29) is 11.9 Å². The van der Waals surface area contributed by atoms with Crippen molar-refractivity contribution in [1.82, 2.24) is 5.32 Å². The van der Waals surface area contributed by atoms with Crippen LogP contribution in [0, 0.1) is 12.8 Å². The Morgan fingerprint density at radius 1 is 1.55 bits per heavy atom. The lowest BCUT2D eigenvalue weighted by Crippen LogP contribution is -2.60. The van der Waals surface area contributed by atoms with Gasteiger partial charge in [-0.2, -0.15) is 0 Å². The Balaban J connectivity index is 2.33. The lowest BCUT2D eigenvalue weighted by Gasteiger charge is -2.43. The highest BCUT2D eigenvalue weighted by atomic mass is 16.5. The van der Waals surface area contributed by atoms with E-state index in [9.17, 15) is 4.79 Å². The maximum absolute atomic E-state index is 12.4. The molecular weight excluding hydrogens is 252 g/mol. The molecular formula is C16H24N2O2. The average molecular weight is 276 g/mol. The molecule has 1 aromatic carbocycles. The highest BCUT2D eigenvalue weighted by Gasteiger charge is 2.47. The first-order valence-electron chi connectivity index (χ1n) is 7.26. The minimum absolute atomic E-state index is 0.160. The van der Waals surface area contributed by atoms with Crippen LogP contribution >= 0.6 is 0 Å². The van der Waals surface area contributed by atoms with E-state index in [1.54, 1.807) is 0 Å². The van der Waals surface area contributed by atoms with E-state index in [0.29, 0.717) is 0 Å². The minimum atomic E-state index is -0.622. The zero-order valence-electron chi connectivity index (χ0n) is 12.5. The van der Waals surface area contributed by atoms with Gasteiger partial charge in [-0.05, 0) is 44.0 Å². The smallest absolute Gasteiger partial charge is 0.331 e. The largest absolute Gasteiger partial charge is 0.467 e. The maximum atomic E-state index is 12.4. The second-order valence-corrected chi connectivity index (χ2v) is 5.52. The first-order valence-corrected chi connectivity index (χ1v) is 7.26. The topological polar surface area (TPSA) is 50.4 Å². The van der Waals surface area contributed by atoms with Gasteiger partial charge in [-0.15, -0.1) is 0 Å². The van der Waals surface area contributed by atoms with Gasteiger partial charge in [0.05, 0.1) is 7.11 Å². The van der Waals surface area contributed by atoms with Crippen LogP contribution in [0.25, 0.3) is 0 Å². The van der Waals surface area contributed by atoms with Crippen molar-refractivity contribution in [3.8, 4) is 0 Å². The summed E-state index contributed by atoms with van der Waals surface area (Å²) in [7, 11) is 1.47. The van der Waals surface area contributed by atoms with Crippen molar-refractivity contribution in [3.05, 3.63) is 29.8 Å². The van der Waals surface area contributed by atoms with E-state index in [4.69, 9.17) is 4.74 Å². The summed E-state index contributed by atoms with van der Waals surface area (Å²) >= 11 is 0. The van der Waals surface area contributed by atoms with Crippen LogP contribution in [-0.2, 0) is 9.53 Å². The van der Waals surface area contributed by atoms with Gasteiger partial charge in [-0.3, -0.25) is 0 Å². The SMILES string of the molecule is CCC1CNCCC1(Nc1cccc(C)c1)C(=O)OC. The summed E-state index contributed by atoms with van der Waals surface area (Å²) in [5.74, 6) is 0.0663. The summed E-state index contributed by atoms with van der Waals surface area (Å²) < 4.78 is 5.10. The lowest BCUT2D eigenvalue weighted by molar-refractivity contribution is -0.149. The fourth-order valence-electron chi connectivity index (χ4n) is 3.08. The number of carbonyl (C=O) groups is 1. The number of aryl methyl sites for hydroxylation is 1. The summed E-state index contributed by atoms with van der Waals surface area (Å²) in [6.45, 7) is 5.83. The van der Waals surface area contributed by atoms with Gasteiger partial charge in [0.25, 0.3) is 0 Å². The summed E-state index contributed by atoms with van der Waals surface area (Å²) in [5, 5.41) is 6.84. The standard InChI is InChI=1S/C16H24N2O2/c1-4-13-11-17-9-8-16(13,15(19)20-3)18-14-7-5-6-12(2)10-14/h5-7,10,13,17-18H,4,8-9,11H2,1-3H3. The highest BCUT2D eigenvalue weighted by molar-refractivity contribution is 5.85. The van der Waals surface area contributed by atoms with Crippen LogP contribution < -0.4 is 10.6 Å². The van der Waals surface area contributed by atoms with Gasteiger partial charge in [-0.1, -0.05) is 19.1 Å². The third kappa shape index (κ3) is 2.80. The molecule has 20 heavy (non-hydrogen) atoms. The molecule has 110 valence electrons. The molecule has 2 N–H and O–H groups in total. The Morgan fingerprint density at radius 2 is 2.35 bits per heavy atom. The third-order valence-electron chi connectivity index (χ3n) is 4.21. The second-order valence-electron chi connectivity index (χ2n) is 5.52.